The summed E-state index contributed by atoms with van der Waals surface area (Å²) in [6, 6.07) is 0. The smallest absolute Gasteiger partial charge is 0.128 e. The molecule has 0 saturated carbocycles. The maximum Gasteiger partial charge on any atom is 0.128 e. The SMILES string of the molecule is C#C/C=C/C(Cl)C1[C@H]2C[C@H]3O/C(=C(/Br)CC)[C@@H]1[C@H]3O2. The van der Waals surface area contributed by atoms with Gasteiger partial charge in [0, 0.05) is 16.8 Å². The second-order valence-electron chi connectivity index (χ2n) is 5.23. The van der Waals surface area contributed by atoms with Gasteiger partial charge in [0.15, 0.2) is 0 Å². The lowest BCUT2D eigenvalue weighted by Crippen LogP contribution is -2.34. The molecule has 0 N–H and O–H groups in total. The molecule has 0 aromatic carbocycles. The summed E-state index contributed by atoms with van der Waals surface area (Å²) in [6.07, 6.45) is 11.3. The van der Waals surface area contributed by atoms with Crippen LogP contribution in [0.2, 0.25) is 0 Å². The highest BCUT2D eigenvalue weighted by Gasteiger charge is 2.63. The zero-order valence-electron chi connectivity index (χ0n) is 10.7. The summed E-state index contributed by atoms with van der Waals surface area (Å²) in [5.74, 6) is 4.06. The van der Waals surface area contributed by atoms with Crippen molar-refractivity contribution in [2.24, 2.45) is 11.8 Å². The molecule has 0 aliphatic carbocycles. The third-order valence-corrected chi connectivity index (χ3v) is 5.65. The number of terminal acetylenes is 1. The molecule has 3 aliphatic heterocycles. The molecule has 0 aromatic rings. The van der Waals surface area contributed by atoms with Gasteiger partial charge in [-0.15, -0.1) is 18.0 Å². The summed E-state index contributed by atoms with van der Waals surface area (Å²) in [4.78, 5) is 0. The van der Waals surface area contributed by atoms with Gasteiger partial charge in [-0.25, -0.2) is 0 Å². The van der Waals surface area contributed by atoms with Crippen molar-refractivity contribution < 1.29 is 9.47 Å². The van der Waals surface area contributed by atoms with Crippen LogP contribution in [-0.4, -0.2) is 23.7 Å². The number of fused-ring (bicyclic) bond motifs is 1. The monoisotopic (exact) mass is 342 g/mol. The molecular weight excluding hydrogens is 328 g/mol. The largest absolute Gasteiger partial charge is 0.491 e. The highest BCUT2D eigenvalue weighted by atomic mass is 79.9. The van der Waals surface area contributed by atoms with E-state index in [4.69, 9.17) is 27.5 Å². The molecule has 3 aliphatic rings. The van der Waals surface area contributed by atoms with Crippen LogP contribution in [0.25, 0.3) is 0 Å². The first-order chi connectivity index (χ1) is 9.17. The highest BCUT2D eigenvalue weighted by molar-refractivity contribution is 9.11. The Morgan fingerprint density at radius 3 is 3.11 bits per heavy atom. The van der Waals surface area contributed by atoms with Gasteiger partial charge in [0.1, 0.15) is 18.0 Å². The summed E-state index contributed by atoms with van der Waals surface area (Å²) in [5.41, 5.74) is 0. The van der Waals surface area contributed by atoms with Gasteiger partial charge < -0.3 is 9.47 Å². The Morgan fingerprint density at radius 2 is 2.42 bits per heavy atom. The average Bonchev–Trinajstić information content (AvgIpc) is 3.02. The standard InChI is InChI=1S/C15H16BrClO2/c1-3-5-6-9(17)12-10-7-11-15(18-10)13(12)14(19-11)8(16)4-2/h1,5-6,9-13,15H,4,7H2,2H3/b6-5+,14-8+/t9?,10-,11-,12?,13-,15+/m1/s1. The van der Waals surface area contributed by atoms with Gasteiger partial charge in [-0.05, 0) is 12.5 Å². The van der Waals surface area contributed by atoms with E-state index in [9.17, 15) is 0 Å². The van der Waals surface area contributed by atoms with E-state index >= 15 is 0 Å². The Morgan fingerprint density at radius 1 is 1.63 bits per heavy atom. The molecular formula is C15H16BrClO2. The summed E-state index contributed by atoms with van der Waals surface area (Å²) >= 11 is 10.1. The molecule has 0 aromatic heterocycles. The molecule has 0 amide bonds. The van der Waals surface area contributed by atoms with E-state index in [1.165, 1.54) is 0 Å². The fraction of sp³-hybridized carbons (Fsp3) is 0.600. The lowest BCUT2D eigenvalue weighted by atomic mass is 9.77. The van der Waals surface area contributed by atoms with Gasteiger partial charge >= 0.3 is 0 Å². The van der Waals surface area contributed by atoms with Crippen molar-refractivity contribution in [3.8, 4) is 12.3 Å². The van der Waals surface area contributed by atoms with Crippen LogP contribution >= 0.6 is 27.5 Å². The minimum absolute atomic E-state index is 0.106. The Labute approximate surface area is 127 Å². The lowest BCUT2D eigenvalue weighted by Gasteiger charge is -2.25. The number of hydrogen-bond acceptors (Lipinski definition) is 2. The number of allylic oxidation sites excluding steroid dienone is 3. The average molecular weight is 344 g/mol. The van der Waals surface area contributed by atoms with Crippen molar-refractivity contribution in [2.75, 3.05) is 0 Å². The molecule has 0 radical (unpaired) electrons. The first-order valence-electron chi connectivity index (χ1n) is 6.64. The minimum atomic E-state index is -0.106. The van der Waals surface area contributed by atoms with Crippen LogP contribution in [0.5, 0.6) is 0 Å². The van der Waals surface area contributed by atoms with Gasteiger partial charge in [-0.3, -0.25) is 0 Å². The molecule has 2 unspecified atom stereocenters. The molecule has 6 atom stereocenters. The topological polar surface area (TPSA) is 18.5 Å². The maximum atomic E-state index is 6.51. The van der Waals surface area contributed by atoms with E-state index in [0.717, 1.165) is 23.1 Å². The van der Waals surface area contributed by atoms with E-state index < -0.39 is 0 Å². The molecule has 3 fully saturated rings. The Balaban J connectivity index is 1.91. The van der Waals surface area contributed by atoms with E-state index in [0.29, 0.717) is 0 Å². The number of halogens is 2. The molecule has 102 valence electrons. The Bertz CT molecular complexity index is 477. The molecule has 4 heteroatoms. The zero-order valence-corrected chi connectivity index (χ0v) is 13.0. The van der Waals surface area contributed by atoms with E-state index in [1.807, 2.05) is 6.08 Å². The number of ether oxygens (including phenoxy) is 2. The second kappa shape index (κ2) is 5.16. The zero-order chi connectivity index (χ0) is 13.6. The Kier molecular flexibility index (Phi) is 3.68. The molecule has 3 rings (SSSR count). The molecule has 3 saturated heterocycles. The number of hydrogen-bond donors (Lipinski definition) is 0. The van der Waals surface area contributed by atoms with E-state index in [-0.39, 0.29) is 35.5 Å². The summed E-state index contributed by atoms with van der Waals surface area (Å²) in [7, 11) is 0. The maximum absolute atomic E-state index is 6.51. The van der Waals surface area contributed by atoms with Crippen LogP contribution in [0, 0.1) is 24.2 Å². The van der Waals surface area contributed by atoms with Crippen LogP contribution in [-0.2, 0) is 9.47 Å². The van der Waals surface area contributed by atoms with Crippen LogP contribution in [0.15, 0.2) is 22.4 Å². The Hall–Kier alpha value is -0.430. The first-order valence-corrected chi connectivity index (χ1v) is 7.87. The number of alkyl halides is 1. The van der Waals surface area contributed by atoms with Gasteiger partial charge in [0.05, 0.1) is 17.4 Å². The van der Waals surface area contributed by atoms with Crippen molar-refractivity contribution in [3.05, 3.63) is 22.4 Å². The predicted molar refractivity (Wildman–Crippen MR) is 79.0 cm³/mol. The second-order valence-corrected chi connectivity index (χ2v) is 6.69. The molecule has 2 nitrogen and oxygen atoms in total. The van der Waals surface area contributed by atoms with Gasteiger partial charge in [-0.1, -0.05) is 34.9 Å². The first kappa shape index (κ1) is 13.5. The fourth-order valence-electron chi connectivity index (χ4n) is 3.50. The normalized spacial score (nSPS) is 43.4. The van der Waals surface area contributed by atoms with Crippen LogP contribution < -0.4 is 0 Å². The van der Waals surface area contributed by atoms with Gasteiger partial charge in [0.25, 0.3) is 0 Å². The van der Waals surface area contributed by atoms with Crippen LogP contribution in [0.4, 0.5) is 0 Å². The summed E-state index contributed by atoms with van der Waals surface area (Å²) in [5, 5.41) is -0.106. The summed E-state index contributed by atoms with van der Waals surface area (Å²) in [6.45, 7) is 2.11. The highest BCUT2D eigenvalue weighted by Crippen LogP contribution is 2.56. The van der Waals surface area contributed by atoms with Crippen molar-refractivity contribution in [1.82, 2.24) is 0 Å². The van der Waals surface area contributed by atoms with E-state index in [1.54, 1.807) is 6.08 Å². The minimum Gasteiger partial charge on any atom is -0.491 e. The quantitative estimate of drug-likeness (QED) is 0.576. The van der Waals surface area contributed by atoms with Crippen molar-refractivity contribution in [2.45, 2.75) is 43.5 Å². The van der Waals surface area contributed by atoms with Crippen LogP contribution in [0.1, 0.15) is 19.8 Å². The third-order valence-electron chi connectivity index (χ3n) is 4.26. The fourth-order valence-corrected chi connectivity index (χ4v) is 4.25. The van der Waals surface area contributed by atoms with Crippen LogP contribution in [0.3, 0.4) is 0 Å². The van der Waals surface area contributed by atoms with Gasteiger partial charge in [-0.2, -0.15) is 0 Å². The summed E-state index contributed by atoms with van der Waals surface area (Å²) < 4.78 is 13.2. The molecule has 0 spiro atoms. The van der Waals surface area contributed by atoms with E-state index in [2.05, 4.69) is 28.8 Å². The molecule has 3 heterocycles. The molecule has 19 heavy (non-hydrogen) atoms. The van der Waals surface area contributed by atoms with Crippen molar-refractivity contribution in [3.63, 3.8) is 0 Å². The lowest BCUT2D eigenvalue weighted by molar-refractivity contribution is 0.0690. The van der Waals surface area contributed by atoms with Crippen molar-refractivity contribution >= 4 is 27.5 Å². The molecule has 2 bridgehead atoms. The number of rotatable bonds is 3. The predicted octanol–water partition coefficient (Wildman–Crippen LogP) is 3.60. The van der Waals surface area contributed by atoms with Gasteiger partial charge in [0.2, 0.25) is 0 Å². The third kappa shape index (κ3) is 2.05. The van der Waals surface area contributed by atoms with Crippen molar-refractivity contribution in [1.29, 1.82) is 0 Å².